The van der Waals surface area contributed by atoms with Crippen LogP contribution < -0.4 is 0 Å². The van der Waals surface area contributed by atoms with Crippen molar-refractivity contribution in [3.8, 4) is 11.3 Å². The summed E-state index contributed by atoms with van der Waals surface area (Å²) in [6.45, 7) is 5.53. The summed E-state index contributed by atoms with van der Waals surface area (Å²) < 4.78 is 11.1. The van der Waals surface area contributed by atoms with Gasteiger partial charge in [-0.05, 0) is 37.8 Å². The number of aromatic nitrogens is 3. The van der Waals surface area contributed by atoms with E-state index in [0.717, 1.165) is 74.1 Å². The third kappa shape index (κ3) is 4.52. The van der Waals surface area contributed by atoms with E-state index in [4.69, 9.17) is 9.15 Å². The minimum atomic E-state index is 0.149. The molecule has 1 aliphatic carbocycles. The third-order valence-electron chi connectivity index (χ3n) is 6.60. The van der Waals surface area contributed by atoms with Crippen LogP contribution in [0, 0.1) is 12.8 Å². The highest BCUT2D eigenvalue weighted by atomic mass is 16.5. The molecule has 0 atom stereocenters. The number of morpholine rings is 1. The van der Waals surface area contributed by atoms with Gasteiger partial charge in [0.25, 0.3) is 0 Å². The molecule has 0 spiro atoms. The zero-order chi connectivity index (χ0) is 21.2. The fourth-order valence-electron chi connectivity index (χ4n) is 4.83. The van der Waals surface area contributed by atoms with Gasteiger partial charge in [0.15, 0.2) is 11.7 Å². The Morgan fingerprint density at radius 1 is 1.03 bits per heavy atom. The van der Waals surface area contributed by atoms with Gasteiger partial charge in [-0.1, -0.05) is 0 Å². The van der Waals surface area contributed by atoms with Gasteiger partial charge in [-0.3, -0.25) is 19.7 Å². The molecule has 7 heteroatoms. The molecule has 2 fully saturated rings. The lowest BCUT2D eigenvalue weighted by Gasteiger charge is -2.38. The van der Waals surface area contributed by atoms with Crippen molar-refractivity contribution in [2.75, 3.05) is 26.3 Å². The maximum atomic E-state index is 13.0. The molecule has 3 aromatic rings. The van der Waals surface area contributed by atoms with Crippen LogP contribution in [0.15, 0.2) is 35.1 Å². The van der Waals surface area contributed by atoms with E-state index in [9.17, 15) is 4.79 Å². The van der Waals surface area contributed by atoms with E-state index in [1.165, 1.54) is 0 Å². The summed E-state index contributed by atoms with van der Waals surface area (Å²) >= 11 is 0. The first-order valence-electron chi connectivity index (χ1n) is 11.2. The topological polar surface area (TPSA) is 81.4 Å². The molecule has 7 nitrogen and oxygen atoms in total. The molecular weight excluding hydrogens is 392 g/mol. The Hall–Kier alpha value is -2.64. The Kier molecular flexibility index (Phi) is 5.78. The number of ether oxygens (including phenoxy) is 1. The minimum Gasteiger partial charge on any atom is -0.441 e. The van der Waals surface area contributed by atoms with Crippen molar-refractivity contribution in [1.82, 2.24) is 19.9 Å². The van der Waals surface area contributed by atoms with Crippen LogP contribution in [0.4, 0.5) is 0 Å². The number of aryl methyl sites for hydroxylation is 1. The second-order valence-electron chi connectivity index (χ2n) is 8.63. The second kappa shape index (κ2) is 8.85. The summed E-state index contributed by atoms with van der Waals surface area (Å²) in [7, 11) is 0. The van der Waals surface area contributed by atoms with Crippen molar-refractivity contribution in [2.24, 2.45) is 5.92 Å². The van der Waals surface area contributed by atoms with Gasteiger partial charge in [0, 0.05) is 61.2 Å². The normalized spacial score (nSPS) is 22.6. The fraction of sp³-hybridized carbons (Fsp3) is 0.500. The number of rotatable bonds is 5. The lowest BCUT2D eigenvalue weighted by Crippen LogP contribution is -2.45. The number of oxazole rings is 1. The fourth-order valence-corrected chi connectivity index (χ4v) is 4.83. The van der Waals surface area contributed by atoms with Crippen LogP contribution in [0.5, 0.6) is 0 Å². The van der Waals surface area contributed by atoms with E-state index >= 15 is 0 Å². The first-order chi connectivity index (χ1) is 15.2. The van der Waals surface area contributed by atoms with Gasteiger partial charge in [0.2, 0.25) is 0 Å². The van der Waals surface area contributed by atoms with Gasteiger partial charge < -0.3 is 9.15 Å². The van der Waals surface area contributed by atoms with Crippen molar-refractivity contribution in [3.63, 3.8) is 0 Å². The minimum absolute atomic E-state index is 0.149. The number of fused-ring (bicyclic) bond motifs is 1. The lowest BCUT2D eigenvalue weighted by molar-refractivity contribution is -0.123. The Morgan fingerprint density at radius 2 is 1.84 bits per heavy atom. The summed E-state index contributed by atoms with van der Waals surface area (Å²) in [5, 5.41) is 0.959. The molecule has 31 heavy (non-hydrogen) atoms. The zero-order valence-corrected chi connectivity index (χ0v) is 17.9. The number of Topliss-reactive ketones (excluding diaryl/α,β-unsaturated/α-hetero) is 1. The van der Waals surface area contributed by atoms with Gasteiger partial charge >= 0.3 is 0 Å². The SMILES string of the molecule is Cc1ncc(-c2cnc3cnc(CC(=O)C4CCC(N5CCOCC5)CC4)cc3c2)o1. The maximum absolute atomic E-state index is 13.0. The molecule has 1 saturated carbocycles. The number of ketones is 1. The van der Waals surface area contributed by atoms with Gasteiger partial charge in [-0.2, -0.15) is 0 Å². The van der Waals surface area contributed by atoms with Crippen LogP contribution in [0.3, 0.4) is 0 Å². The van der Waals surface area contributed by atoms with E-state index < -0.39 is 0 Å². The van der Waals surface area contributed by atoms with Crippen LogP contribution in [-0.2, 0) is 16.0 Å². The molecular formula is C24H28N4O3. The molecule has 0 N–H and O–H groups in total. The second-order valence-corrected chi connectivity index (χ2v) is 8.63. The van der Waals surface area contributed by atoms with E-state index in [2.05, 4.69) is 19.9 Å². The van der Waals surface area contributed by atoms with Gasteiger partial charge in [-0.15, -0.1) is 0 Å². The highest BCUT2D eigenvalue weighted by Crippen LogP contribution is 2.30. The number of hydrogen-bond donors (Lipinski definition) is 0. The smallest absolute Gasteiger partial charge is 0.191 e. The Morgan fingerprint density at radius 3 is 2.58 bits per heavy atom. The summed E-state index contributed by atoms with van der Waals surface area (Å²) in [6.07, 6.45) is 9.77. The molecule has 4 heterocycles. The van der Waals surface area contributed by atoms with E-state index in [1.807, 2.05) is 19.1 Å². The summed E-state index contributed by atoms with van der Waals surface area (Å²) in [4.78, 5) is 28.6. The van der Waals surface area contributed by atoms with Gasteiger partial charge in [-0.25, -0.2) is 4.98 Å². The average molecular weight is 421 g/mol. The first kappa shape index (κ1) is 20.3. The van der Waals surface area contributed by atoms with Gasteiger partial charge in [0.05, 0.1) is 31.1 Å². The van der Waals surface area contributed by atoms with Crippen molar-refractivity contribution in [1.29, 1.82) is 0 Å². The van der Waals surface area contributed by atoms with Crippen molar-refractivity contribution in [3.05, 3.63) is 42.3 Å². The highest BCUT2D eigenvalue weighted by molar-refractivity contribution is 5.86. The van der Waals surface area contributed by atoms with Gasteiger partial charge in [0.1, 0.15) is 5.78 Å². The third-order valence-corrected chi connectivity index (χ3v) is 6.60. The predicted molar refractivity (Wildman–Crippen MR) is 117 cm³/mol. The van der Waals surface area contributed by atoms with Crippen LogP contribution in [-0.4, -0.2) is 58.0 Å². The number of hydrogen-bond acceptors (Lipinski definition) is 7. The molecule has 2 aliphatic rings. The molecule has 1 aliphatic heterocycles. The molecule has 0 aromatic carbocycles. The highest BCUT2D eigenvalue weighted by Gasteiger charge is 2.30. The number of carbonyl (C=O) groups excluding carboxylic acids is 1. The molecule has 0 bridgehead atoms. The maximum Gasteiger partial charge on any atom is 0.191 e. The Balaban J connectivity index is 1.24. The van der Waals surface area contributed by atoms with E-state index in [-0.39, 0.29) is 5.92 Å². The van der Waals surface area contributed by atoms with E-state index in [1.54, 1.807) is 18.6 Å². The van der Waals surface area contributed by atoms with Crippen molar-refractivity contribution < 1.29 is 13.9 Å². The van der Waals surface area contributed by atoms with E-state index in [0.29, 0.717) is 29.9 Å². The molecule has 162 valence electrons. The summed E-state index contributed by atoms with van der Waals surface area (Å²) in [5.41, 5.74) is 2.49. The molecule has 5 rings (SSSR count). The first-order valence-corrected chi connectivity index (χ1v) is 11.2. The number of pyridine rings is 2. The standard InChI is InChI=1S/C24H28N4O3/c1-16-25-15-24(31-16)19-10-18-11-20(26-14-22(18)27-13-19)12-23(29)17-2-4-21(5-3-17)28-6-8-30-9-7-28/h10-11,13-15,17,21H,2-9,12H2,1H3. The van der Waals surface area contributed by atoms with Crippen LogP contribution in [0.1, 0.15) is 37.3 Å². The number of nitrogens with zero attached hydrogens (tertiary/aromatic N) is 4. The Labute approximate surface area is 181 Å². The molecule has 0 unspecified atom stereocenters. The lowest BCUT2D eigenvalue weighted by atomic mass is 9.81. The van der Waals surface area contributed by atoms with Crippen molar-refractivity contribution >= 4 is 16.7 Å². The Bertz CT molecular complexity index is 1070. The monoisotopic (exact) mass is 420 g/mol. The quantitative estimate of drug-likeness (QED) is 0.624. The largest absolute Gasteiger partial charge is 0.441 e. The molecule has 3 aromatic heterocycles. The predicted octanol–water partition coefficient (Wildman–Crippen LogP) is 3.60. The summed E-state index contributed by atoms with van der Waals surface area (Å²) in [5.74, 6) is 1.77. The zero-order valence-electron chi connectivity index (χ0n) is 17.9. The summed E-state index contributed by atoms with van der Waals surface area (Å²) in [6, 6.07) is 4.61. The molecule has 0 radical (unpaired) electrons. The van der Waals surface area contributed by atoms with Crippen LogP contribution >= 0.6 is 0 Å². The van der Waals surface area contributed by atoms with Crippen LogP contribution in [0.2, 0.25) is 0 Å². The molecule has 1 saturated heterocycles. The van der Waals surface area contributed by atoms with Crippen LogP contribution in [0.25, 0.3) is 22.2 Å². The number of carbonyl (C=O) groups is 1. The van der Waals surface area contributed by atoms with Crippen molar-refractivity contribution in [2.45, 2.75) is 45.1 Å². The molecule has 0 amide bonds. The average Bonchev–Trinajstić information content (AvgIpc) is 3.25.